The first-order valence-electron chi connectivity index (χ1n) is 10.8. The number of rotatable bonds is 7. The van der Waals surface area contributed by atoms with Crippen molar-refractivity contribution >= 4 is 12.1 Å². The molecule has 0 saturated heterocycles. The van der Waals surface area contributed by atoms with Crippen LogP contribution < -0.4 is 10.2 Å². The Bertz CT molecular complexity index is 1280. The predicted molar refractivity (Wildman–Crippen MR) is 129 cm³/mol. The molecule has 168 valence electrons. The first-order valence-corrected chi connectivity index (χ1v) is 10.8. The van der Waals surface area contributed by atoms with E-state index in [1.54, 1.807) is 18.3 Å². The molecule has 0 aliphatic heterocycles. The molecule has 0 aliphatic carbocycles. The summed E-state index contributed by atoms with van der Waals surface area (Å²) in [5.41, 5.74) is 9.23. The van der Waals surface area contributed by atoms with Crippen molar-refractivity contribution in [2.24, 2.45) is 5.10 Å². The minimum atomic E-state index is -0.416. The highest BCUT2D eigenvalue weighted by Gasteiger charge is 2.14. The molecular weight excluding hydrogens is 414 g/mol. The number of benzene rings is 2. The van der Waals surface area contributed by atoms with Gasteiger partial charge in [-0.1, -0.05) is 36.4 Å². The van der Waals surface area contributed by atoms with Crippen LogP contribution in [0.2, 0.25) is 0 Å². The molecular formula is C27H27N3O3. The highest BCUT2D eigenvalue weighted by Crippen LogP contribution is 2.25. The van der Waals surface area contributed by atoms with Gasteiger partial charge in [-0.3, -0.25) is 4.79 Å². The summed E-state index contributed by atoms with van der Waals surface area (Å²) >= 11 is 0. The number of amides is 1. The van der Waals surface area contributed by atoms with Crippen molar-refractivity contribution in [3.63, 3.8) is 0 Å². The zero-order valence-electron chi connectivity index (χ0n) is 19.3. The van der Waals surface area contributed by atoms with Gasteiger partial charge in [0.2, 0.25) is 0 Å². The van der Waals surface area contributed by atoms with Gasteiger partial charge in [-0.25, -0.2) is 5.43 Å². The molecule has 0 aliphatic rings. The molecule has 6 heteroatoms. The number of hydrogen-bond donors (Lipinski definition) is 1. The summed E-state index contributed by atoms with van der Waals surface area (Å²) in [6.45, 7) is 8.57. The van der Waals surface area contributed by atoms with E-state index in [-0.39, 0.29) is 12.4 Å². The molecule has 33 heavy (non-hydrogen) atoms. The molecule has 0 spiro atoms. The van der Waals surface area contributed by atoms with E-state index in [0.29, 0.717) is 5.76 Å². The number of nitrogens with one attached hydrogen (secondary N) is 1. The second-order valence-corrected chi connectivity index (χ2v) is 7.97. The lowest BCUT2D eigenvalue weighted by atomic mass is 10.1. The first kappa shape index (κ1) is 22.1. The van der Waals surface area contributed by atoms with Gasteiger partial charge in [0, 0.05) is 17.0 Å². The molecule has 4 aromatic rings. The summed E-state index contributed by atoms with van der Waals surface area (Å²) in [4.78, 5) is 12.4. The van der Waals surface area contributed by atoms with Crippen molar-refractivity contribution in [3.05, 3.63) is 106 Å². The molecule has 0 unspecified atom stereocenters. The number of aromatic nitrogens is 1. The Labute approximate surface area is 193 Å². The van der Waals surface area contributed by atoms with Crippen molar-refractivity contribution in [1.29, 1.82) is 0 Å². The molecule has 0 radical (unpaired) electrons. The smallest absolute Gasteiger partial charge is 0.307 e. The number of nitrogens with zero attached hydrogens (tertiary/aromatic N) is 2. The molecule has 1 N–H and O–H groups in total. The van der Waals surface area contributed by atoms with Crippen LogP contribution in [0.3, 0.4) is 0 Å². The second kappa shape index (κ2) is 9.61. The number of hydrazone groups is 1. The van der Waals surface area contributed by atoms with Gasteiger partial charge in [0.25, 0.3) is 0 Å². The molecule has 0 fully saturated rings. The van der Waals surface area contributed by atoms with Gasteiger partial charge in [0.15, 0.2) is 5.76 Å². The highest BCUT2D eigenvalue weighted by atomic mass is 16.5. The van der Waals surface area contributed by atoms with Crippen molar-refractivity contribution < 1.29 is 13.9 Å². The summed E-state index contributed by atoms with van der Waals surface area (Å²) in [5.74, 6) is 1.06. The maximum absolute atomic E-state index is 12.4. The van der Waals surface area contributed by atoms with Crippen molar-refractivity contribution in [1.82, 2.24) is 9.99 Å². The summed E-state index contributed by atoms with van der Waals surface area (Å²) in [6, 6.07) is 21.1. The fourth-order valence-corrected chi connectivity index (χ4v) is 3.89. The van der Waals surface area contributed by atoms with Gasteiger partial charge in [-0.15, -0.1) is 0 Å². The topological polar surface area (TPSA) is 68.8 Å². The van der Waals surface area contributed by atoms with Crippen LogP contribution >= 0.6 is 0 Å². The lowest BCUT2D eigenvalue weighted by Crippen LogP contribution is -2.16. The molecule has 0 bridgehead atoms. The summed E-state index contributed by atoms with van der Waals surface area (Å²) in [7, 11) is 0. The largest absolute Gasteiger partial charge is 0.486 e. The van der Waals surface area contributed by atoms with Gasteiger partial charge < -0.3 is 13.7 Å². The van der Waals surface area contributed by atoms with E-state index < -0.39 is 5.91 Å². The third kappa shape index (κ3) is 4.90. The van der Waals surface area contributed by atoms with Crippen molar-refractivity contribution in [2.75, 3.05) is 0 Å². The Morgan fingerprint density at radius 1 is 1.00 bits per heavy atom. The van der Waals surface area contributed by atoms with Crippen molar-refractivity contribution in [2.45, 2.75) is 34.3 Å². The van der Waals surface area contributed by atoms with E-state index in [0.717, 1.165) is 22.7 Å². The third-order valence-corrected chi connectivity index (χ3v) is 5.51. The quantitative estimate of drug-likeness (QED) is 0.298. The van der Waals surface area contributed by atoms with Crippen LogP contribution in [-0.2, 0) is 6.61 Å². The zero-order chi connectivity index (χ0) is 23.4. The Hall–Kier alpha value is -4.06. The maximum atomic E-state index is 12.4. The minimum absolute atomic E-state index is 0.180. The Morgan fingerprint density at radius 2 is 1.73 bits per heavy atom. The Kier molecular flexibility index (Phi) is 6.45. The number of carbonyl (C=O) groups is 1. The van der Waals surface area contributed by atoms with E-state index in [4.69, 9.17) is 9.15 Å². The first-order chi connectivity index (χ1) is 15.9. The van der Waals surface area contributed by atoms with Crippen LogP contribution in [0.4, 0.5) is 0 Å². The van der Waals surface area contributed by atoms with Crippen LogP contribution in [0.1, 0.15) is 44.4 Å². The van der Waals surface area contributed by atoms with E-state index in [2.05, 4.69) is 60.1 Å². The standard InChI is InChI=1S/C27H27N3O3/c1-18-9-8-10-19(2)26(18)30-20(3)15-22(21(30)4)16-28-29-27(31)25-14-13-24(33-25)17-32-23-11-6-5-7-12-23/h5-16H,17H2,1-4H3,(H,29,31). The van der Waals surface area contributed by atoms with Gasteiger partial charge >= 0.3 is 5.91 Å². The summed E-state index contributed by atoms with van der Waals surface area (Å²) in [5, 5.41) is 4.15. The molecule has 4 rings (SSSR count). The van der Waals surface area contributed by atoms with E-state index in [9.17, 15) is 4.79 Å². The molecule has 1 amide bonds. The number of ether oxygens (including phenoxy) is 1. The van der Waals surface area contributed by atoms with Gasteiger partial charge in [-0.2, -0.15) is 5.10 Å². The zero-order valence-corrected chi connectivity index (χ0v) is 19.3. The summed E-state index contributed by atoms with van der Waals surface area (Å²) < 4.78 is 13.5. The summed E-state index contributed by atoms with van der Waals surface area (Å²) in [6.07, 6.45) is 1.66. The number of para-hydroxylation sites is 2. The Morgan fingerprint density at radius 3 is 2.45 bits per heavy atom. The van der Waals surface area contributed by atoms with Crippen LogP contribution in [0.15, 0.2) is 76.2 Å². The van der Waals surface area contributed by atoms with E-state index in [1.165, 1.54) is 16.8 Å². The number of carbonyl (C=O) groups excluding carboxylic acids is 1. The van der Waals surface area contributed by atoms with Crippen LogP contribution in [-0.4, -0.2) is 16.7 Å². The third-order valence-electron chi connectivity index (χ3n) is 5.51. The fraction of sp³-hybridized carbons (Fsp3) is 0.185. The predicted octanol–water partition coefficient (Wildman–Crippen LogP) is 5.65. The number of furan rings is 1. The number of aryl methyl sites for hydroxylation is 3. The van der Waals surface area contributed by atoms with E-state index >= 15 is 0 Å². The minimum Gasteiger partial charge on any atom is -0.486 e. The lowest BCUT2D eigenvalue weighted by Gasteiger charge is -2.15. The maximum Gasteiger partial charge on any atom is 0.307 e. The normalized spacial score (nSPS) is 11.2. The van der Waals surface area contributed by atoms with Crippen molar-refractivity contribution in [3.8, 4) is 11.4 Å². The van der Waals surface area contributed by atoms with Gasteiger partial charge in [-0.05, 0) is 69.2 Å². The molecule has 6 nitrogen and oxygen atoms in total. The molecule has 2 aromatic heterocycles. The lowest BCUT2D eigenvalue weighted by molar-refractivity contribution is 0.0923. The Balaban J connectivity index is 1.42. The monoisotopic (exact) mass is 441 g/mol. The van der Waals surface area contributed by atoms with Gasteiger partial charge in [0.05, 0.1) is 11.9 Å². The average Bonchev–Trinajstić information content (AvgIpc) is 3.38. The van der Waals surface area contributed by atoms with Crippen LogP contribution in [0.5, 0.6) is 5.75 Å². The van der Waals surface area contributed by atoms with E-state index in [1.807, 2.05) is 37.3 Å². The van der Waals surface area contributed by atoms with Crippen LogP contribution in [0, 0.1) is 27.7 Å². The molecule has 0 saturated carbocycles. The average molecular weight is 442 g/mol. The van der Waals surface area contributed by atoms with Gasteiger partial charge in [0.1, 0.15) is 18.1 Å². The molecule has 2 heterocycles. The molecule has 0 atom stereocenters. The van der Waals surface area contributed by atoms with Crippen LogP contribution in [0.25, 0.3) is 5.69 Å². The molecule has 2 aromatic carbocycles. The fourth-order valence-electron chi connectivity index (χ4n) is 3.89. The SMILES string of the molecule is Cc1cccc(C)c1-n1c(C)cc(C=NNC(=O)c2ccc(COc3ccccc3)o2)c1C. The second-order valence-electron chi connectivity index (χ2n) is 7.97. The number of hydrogen-bond acceptors (Lipinski definition) is 4. The highest BCUT2D eigenvalue weighted by molar-refractivity contribution is 5.92.